The van der Waals surface area contributed by atoms with E-state index in [4.69, 9.17) is 0 Å². The maximum Gasteiger partial charge on any atom is 0.244 e. The molecule has 174 valence electrons. The van der Waals surface area contributed by atoms with Crippen LogP contribution in [0, 0.1) is 0 Å². The summed E-state index contributed by atoms with van der Waals surface area (Å²) in [5.41, 5.74) is 1.02. The number of carbonyl (C=O) groups excluding carboxylic acids is 1. The highest BCUT2D eigenvalue weighted by atomic mass is 32.2. The van der Waals surface area contributed by atoms with Crippen molar-refractivity contribution < 1.29 is 13.2 Å². The Bertz CT molecular complexity index is 1380. The minimum Gasteiger partial charge on any atom is -0.332 e. The van der Waals surface area contributed by atoms with Gasteiger partial charge in [0.05, 0.1) is 18.0 Å². The molecule has 1 saturated carbocycles. The van der Waals surface area contributed by atoms with E-state index in [0.29, 0.717) is 18.5 Å². The maximum absolute atomic E-state index is 13.8. The van der Waals surface area contributed by atoms with Gasteiger partial charge in [-0.1, -0.05) is 72.8 Å². The van der Waals surface area contributed by atoms with E-state index in [2.05, 4.69) is 0 Å². The van der Waals surface area contributed by atoms with E-state index in [-0.39, 0.29) is 23.4 Å². The number of hydrogen-bond acceptors (Lipinski definition) is 4. The Balaban J connectivity index is 1.44. The topological polar surface area (TPSA) is 57.7 Å². The van der Waals surface area contributed by atoms with Crippen LogP contribution in [-0.2, 0) is 27.9 Å². The molecule has 0 spiro atoms. The van der Waals surface area contributed by atoms with Gasteiger partial charge in [-0.05, 0) is 41.3 Å². The van der Waals surface area contributed by atoms with Crippen molar-refractivity contribution in [3.63, 3.8) is 0 Å². The first kappa shape index (κ1) is 22.8. The predicted octanol–water partition coefficient (Wildman–Crippen LogP) is 5.28. The average molecular weight is 491 g/mol. The minimum absolute atomic E-state index is 0.131. The van der Waals surface area contributed by atoms with Gasteiger partial charge in [0.1, 0.15) is 0 Å². The Kier molecular flexibility index (Phi) is 6.50. The summed E-state index contributed by atoms with van der Waals surface area (Å²) in [7, 11) is -3.84. The summed E-state index contributed by atoms with van der Waals surface area (Å²) < 4.78 is 29.1. The van der Waals surface area contributed by atoms with Crippen molar-refractivity contribution in [3.05, 3.63) is 101 Å². The fourth-order valence-electron chi connectivity index (χ4n) is 4.18. The quantitative estimate of drug-likeness (QED) is 0.321. The van der Waals surface area contributed by atoms with Crippen LogP contribution in [0.25, 0.3) is 10.8 Å². The molecule has 34 heavy (non-hydrogen) atoms. The van der Waals surface area contributed by atoms with Crippen LogP contribution in [-0.4, -0.2) is 36.1 Å². The van der Waals surface area contributed by atoms with Gasteiger partial charge in [-0.3, -0.25) is 4.79 Å². The van der Waals surface area contributed by atoms with Gasteiger partial charge in [-0.2, -0.15) is 4.31 Å². The molecule has 5 nitrogen and oxygen atoms in total. The number of fused-ring (bicyclic) bond motifs is 1. The zero-order valence-corrected chi connectivity index (χ0v) is 20.3. The van der Waals surface area contributed by atoms with E-state index in [9.17, 15) is 13.2 Å². The highest BCUT2D eigenvalue weighted by molar-refractivity contribution is 7.89. The van der Waals surface area contributed by atoms with Crippen LogP contribution in [0.1, 0.15) is 23.3 Å². The number of nitrogens with zero attached hydrogens (tertiary/aromatic N) is 2. The van der Waals surface area contributed by atoms with Gasteiger partial charge in [0.15, 0.2) is 0 Å². The zero-order valence-electron chi connectivity index (χ0n) is 18.7. The highest BCUT2D eigenvalue weighted by Gasteiger charge is 2.40. The number of thiophene rings is 1. The van der Waals surface area contributed by atoms with Gasteiger partial charge in [0.25, 0.3) is 0 Å². The van der Waals surface area contributed by atoms with Gasteiger partial charge in [0.2, 0.25) is 15.9 Å². The molecular weight excluding hydrogens is 464 g/mol. The van der Waals surface area contributed by atoms with Gasteiger partial charge in [-0.15, -0.1) is 11.3 Å². The third-order valence-electron chi connectivity index (χ3n) is 6.08. The fraction of sp³-hybridized carbons (Fsp3) is 0.222. The van der Waals surface area contributed by atoms with Crippen LogP contribution < -0.4 is 0 Å². The Morgan fingerprint density at radius 2 is 1.59 bits per heavy atom. The van der Waals surface area contributed by atoms with E-state index in [1.54, 1.807) is 28.4 Å². The van der Waals surface area contributed by atoms with E-state index in [0.717, 1.165) is 28.7 Å². The second-order valence-corrected chi connectivity index (χ2v) is 11.5. The van der Waals surface area contributed by atoms with Crippen LogP contribution in [0.15, 0.2) is 95.2 Å². The summed E-state index contributed by atoms with van der Waals surface area (Å²) in [4.78, 5) is 16.7. The molecule has 1 aliphatic rings. The monoisotopic (exact) mass is 490 g/mol. The van der Waals surface area contributed by atoms with Crippen molar-refractivity contribution in [1.82, 2.24) is 9.21 Å². The molecule has 1 fully saturated rings. The van der Waals surface area contributed by atoms with Crippen molar-refractivity contribution in [2.24, 2.45) is 0 Å². The summed E-state index contributed by atoms with van der Waals surface area (Å²) in [5, 5.41) is 3.54. The molecule has 0 saturated heterocycles. The van der Waals surface area contributed by atoms with E-state index in [1.807, 2.05) is 78.2 Å². The first-order valence-electron chi connectivity index (χ1n) is 11.4. The van der Waals surface area contributed by atoms with Gasteiger partial charge in [0, 0.05) is 22.8 Å². The molecule has 1 aromatic heterocycles. The molecule has 1 amide bonds. The highest BCUT2D eigenvalue weighted by Crippen LogP contribution is 2.34. The van der Waals surface area contributed by atoms with Crippen LogP contribution in [0.2, 0.25) is 0 Å². The van der Waals surface area contributed by atoms with Crippen LogP contribution in [0.5, 0.6) is 0 Å². The second kappa shape index (κ2) is 9.70. The molecule has 0 aliphatic heterocycles. The number of amides is 1. The Morgan fingerprint density at radius 3 is 2.32 bits per heavy atom. The standard InChI is InChI=1S/C27H26N2O3S2/c30-27(28(19-24-12-7-17-33-24)18-21-8-2-1-3-9-21)20-29(23-15-16-23)34(31,32)26-14-6-11-22-10-4-5-13-25(22)26/h1-14,17,23H,15-16,18-20H2. The molecule has 3 aromatic carbocycles. The molecule has 1 heterocycles. The van der Waals surface area contributed by atoms with E-state index >= 15 is 0 Å². The maximum atomic E-state index is 13.8. The van der Waals surface area contributed by atoms with Crippen LogP contribution in [0.4, 0.5) is 0 Å². The summed E-state index contributed by atoms with van der Waals surface area (Å²) in [6.07, 6.45) is 1.56. The van der Waals surface area contributed by atoms with E-state index < -0.39 is 10.0 Å². The molecule has 0 radical (unpaired) electrons. The third-order valence-corrected chi connectivity index (χ3v) is 8.89. The SMILES string of the molecule is O=C(CN(C1CC1)S(=O)(=O)c1cccc2ccccc12)N(Cc1ccccc1)Cc1cccs1. The molecule has 4 aromatic rings. The lowest BCUT2D eigenvalue weighted by atomic mass is 10.1. The molecule has 1 aliphatic carbocycles. The number of benzene rings is 3. The Morgan fingerprint density at radius 1 is 0.853 bits per heavy atom. The molecular formula is C27H26N2O3S2. The minimum atomic E-state index is -3.84. The largest absolute Gasteiger partial charge is 0.332 e. The third kappa shape index (κ3) is 4.92. The number of hydrogen-bond donors (Lipinski definition) is 0. The zero-order chi connectivity index (χ0) is 23.5. The first-order valence-corrected chi connectivity index (χ1v) is 13.7. The van der Waals surface area contributed by atoms with E-state index in [1.165, 1.54) is 4.31 Å². The fourth-order valence-corrected chi connectivity index (χ4v) is 6.75. The van der Waals surface area contributed by atoms with Crippen molar-refractivity contribution in [2.75, 3.05) is 6.54 Å². The summed E-state index contributed by atoms with van der Waals surface area (Å²) in [6, 6.07) is 26.4. The number of sulfonamides is 1. The van der Waals surface area contributed by atoms with Crippen molar-refractivity contribution >= 4 is 38.0 Å². The first-order chi connectivity index (χ1) is 16.5. The summed E-state index contributed by atoms with van der Waals surface area (Å²) in [6.45, 7) is 0.733. The Hall–Kier alpha value is -3.00. The predicted molar refractivity (Wildman–Crippen MR) is 136 cm³/mol. The number of carbonyl (C=O) groups is 1. The number of rotatable bonds is 9. The van der Waals surface area contributed by atoms with Crippen LogP contribution in [0.3, 0.4) is 0 Å². The lowest BCUT2D eigenvalue weighted by Gasteiger charge is -2.27. The van der Waals surface area contributed by atoms with Gasteiger partial charge < -0.3 is 4.90 Å². The second-order valence-electron chi connectivity index (χ2n) is 8.57. The smallest absolute Gasteiger partial charge is 0.244 e. The normalized spacial score (nSPS) is 13.9. The van der Waals surface area contributed by atoms with Crippen LogP contribution >= 0.6 is 11.3 Å². The van der Waals surface area contributed by atoms with Crippen molar-refractivity contribution in [2.45, 2.75) is 36.9 Å². The molecule has 5 rings (SSSR count). The average Bonchev–Trinajstić information content (AvgIpc) is 3.56. The molecule has 0 unspecified atom stereocenters. The molecule has 0 atom stereocenters. The molecule has 7 heteroatoms. The molecule has 0 N–H and O–H groups in total. The molecule has 0 bridgehead atoms. The summed E-state index contributed by atoms with van der Waals surface area (Å²) >= 11 is 1.59. The lowest BCUT2D eigenvalue weighted by Crippen LogP contribution is -2.43. The van der Waals surface area contributed by atoms with Crippen molar-refractivity contribution in [1.29, 1.82) is 0 Å². The lowest BCUT2D eigenvalue weighted by molar-refractivity contribution is -0.132. The summed E-state index contributed by atoms with van der Waals surface area (Å²) in [5.74, 6) is -0.187. The Labute approximate surface area is 204 Å². The van der Waals surface area contributed by atoms with Gasteiger partial charge >= 0.3 is 0 Å². The van der Waals surface area contributed by atoms with Crippen molar-refractivity contribution in [3.8, 4) is 0 Å². The van der Waals surface area contributed by atoms with Gasteiger partial charge in [-0.25, -0.2) is 8.42 Å².